The minimum atomic E-state index is 0.0612. The SMILES string of the molecule is N=C(N=C(N=Cc1ccccc1)c1cccc(-c2cc(-c3ccccn3)nc(-c3ncccc3C(N=Cc3ccccc3)=NC(=N)c3ccccc3)c2)c1)c1ccccc1.c1ccc(-c2nc(-c3ccccc3)nc(-c3ccc(-c4cc(-c5ccccn5)nc(-c5cc(-c6nc(-c7ccccc7)nc(-c7ccccc7)n6)ccn5)c4)cc3)n2)cc1. The van der Waals surface area contributed by atoms with Crippen molar-refractivity contribution in [2.45, 2.75) is 0 Å². The summed E-state index contributed by atoms with van der Waals surface area (Å²) in [6.45, 7) is 0. The molecule has 568 valence electrons. The molecule has 0 atom stereocenters. The monoisotopic (exact) mass is 1550 g/mol. The maximum atomic E-state index is 8.95. The third kappa shape index (κ3) is 18.5. The van der Waals surface area contributed by atoms with Crippen LogP contribution in [0.5, 0.6) is 0 Å². The third-order valence-corrected chi connectivity index (χ3v) is 19.2. The number of nitrogens with one attached hydrogen (secondary N) is 2. The van der Waals surface area contributed by atoms with Gasteiger partial charge in [-0.25, -0.2) is 59.8 Å². The molecule has 0 radical (unpaired) electrons. The molecular formula is C102H70N18. The second-order valence-electron chi connectivity index (χ2n) is 27.4. The highest BCUT2D eigenvalue weighted by molar-refractivity contribution is 6.16. The Hall–Kier alpha value is -16.9. The molecule has 8 heterocycles. The molecule has 18 aromatic rings. The molecule has 0 saturated carbocycles. The Morgan fingerprint density at radius 2 is 0.558 bits per heavy atom. The first kappa shape index (κ1) is 75.8. The van der Waals surface area contributed by atoms with E-state index in [2.05, 4.69) is 34.2 Å². The van der Waals surface area contributed by atoms with E-state index in [4.69, 9.17) is 80.6 Å². The molecule has 0 fully saturated rings. The minimum Gasteiger partial charge on any atom is -0.282 e. The summed E-state index contributed by atoms with van der Waals surface area (Å²) < 4.78 is 0. The van der Waals surface area contributed by atoms with Gasteiger partial charge in [-0.3, -0.25) is 30.8 Å². The Kier molecular flexibility index (Phi) is 23.1. The molecule has 18 heteroatoms. The van der Waals surface area contributed by atoms with Gasteiger partial charge in [0.05, 0.1) is 45.6 Å². The van der Waals surface area contributed by atoms with E-state index >= 15 is 0 Å². The largest absolute Gasteiger partial charge is 0.282 e. The molecule has 0 spiro atoms. The van der Waals surface area contributed by atoms with Crippen LogP contribution in [0.3, 0.4) is 0 Å². The Bertz CT molecular complexity index is 6640. The summed E-state index contributed by atoms with van der Waals surface area (Å²) in [4.78, 5) is 77.9. The average Bonchev–Trinajstić information content (AvgIpc) is 0.790. The highest BCUT2D eigenvalue weighted by atomic mass is 15.0. The highest BCUT2D eigenvalue weighted by Gasteiger charge is 2.22. The molecule has 0 aliphatic heterocycles. The van der Waals surface area contributed by atoms with E-state index in [9.17, 15) is 0 Å². The van der Waals surface area contributed by atoms with Crippen molar-refractivity contribution in [3.05, 3.63) is 434 Å². The van der Waals surface area contributed by atoms with Gasteiger partial charge < -0.3 is 0 Å². The summed E-state index contributed by atoms with van der Waals surface area (Å²) >= 11 is 0. The van der Waals surface area contributed by atoms with E-state index in [1.165, 1.54) is 0 Å². The Morgan fingerprint density at radius 3 is 1.02 bits per heavy atom. The van der Waals surface area contributed by atoms with Gasteiger partial charge in [-0.1, -0.05) is 297 Å². The molecule has 0 bridgehead atoms. The Labute approximate surface area is 692 Å². The molecular weight excluding hydrogens is 1480 g/mol. The first-order valence-electron chi connectivity index (χ1n) is 38.7. The molecule has 8 aromatic heterocycles. The second-order valence-corrected chi connectivity index (χ2v) is 27.4. The molecule has 2 N–H and O–H groups in total. The zero-order valence-corrected chi connectivity index (χ0v) is 64.4. The van der Waals surface area contributed by atoms with E-state index in [1.54, 1.807) is 37.2 Å². The van der Waals surface area contributed by atoms with E-state index < -0.39 is 0 Å². The van der Waals surface area contributed by atoms with E-state index in [0.29, 0.717) is 97.5 Å². The number of pyridine rings is 6. The highest BCUT2D eigenvalue weighted by Crippen LogP contribution is 2.36. The lowest BCUT2D eigenvalue weighted by molar-refractivity contribution is 1.07. The van der Waals surface area contributed by atoms with Gasteiger partial charge in [0, 0.05) is 92.9 Å². The van der Waals surface area contributed by atoms with Gasteiger partial charge in [0.1, 0.15) is 0 Å². The molecule has 0 aliphatic rings. The fraction of sp³-hybridized carbons (Fsp3) is 0. The predicted octanol–water partition coefficient (Wildman–Crippen LogP) is 21.9. The summed E-state index contributed by atoms with van der Waals surface area (Å²) in [7, 11) is 0. The van der Waals surface area contributed by atoms with Gasteiger partial charge >= 0.3 is 0 Å². The van der Waals surface area contributed by atoms with E-state index in [1.807, 2.05) is 352 Å². The molecule has 18 rings (SSSR count). The van der Waals surface area contributed by atoms with Crippen LogP contribution in [0.4, 0.5) is 0 Å². The van der Waals surface area contributed by atoms with Crippen molar-refractivity contribution in [3.8, 4) is 136 Å². The van der Waals surface area contributed by atoms with Crippen molar-refractivity contribution in [2.24, 2.45) is 20.0 Å². The molecule has 0 saturated heterocycles. The summed E-state index contributed by atoms with van der Waals surface area (Å²) in [5.74, 6) is 4.37. The average molecular weight is 1550 g/mol. The Morgan fingerprint density at radius 1 is 0.217 bits per heavy atom. The molecule has 18 nitrogen and oxygen atoms in total. The summed E-state index contributed by atoms with van der Waals surface area (Å²) in [5.41, 5.74) is 18.6. The molecule has 0 unspecified atom stereocenters. The molecule has 120 heavy (non-hydrogen) atoms. The normalized spacial score (nSPS) is 11.4. The fourth-order valence-electron chi connectivity index (χ4n) is 13.2. The van der Waals surface area contributed by atoms with Gasteiger partial charge in [0.15, 0.2) is 58.3 Å². The predicted molar refractivity (Wildman–Crippen MR) is 479 cm³/mol. The Balaban J connectivity index is 0.000000171. The number of benzene rings is 10. The van der Waals surface area contributed by atoms with Gasteiger partial charge in [-0.05, 0) is 112 Å². The lowest BCUT2D eigenvalue weighted by Crippen LogP contribution is -2.08. The second kappa shape index (κ2) is 36.5. The van der Waals surface area contributed by atoms with Gasteiger partial charge in [-0.2, -0.15) is 0 Å². The lowest BCUT2D eigenvalue weighted by Gasteiger charge is -2.13. The summed E-state index contributed by atoms with van der Waals surface area (Å²) in [5, 5.41) is 17.8. The maximum Gasteiger partial charge on any atom is 0.164 e. The zero-order valence-electron chi connectivity index (χ0n) is 64.4. The van der Waals surface area contributed by atoms with Crippen LogP contribution in [0.25, 0.3) is 136 Å². The van der Waals surface area contributed by atoms with Crippen molar-refractivity contribution < 1.29 is 0 Å². The summed E-state index contributed by atoms with van der Waals surface area (Å²) in [6, 6.07) is 122. The van der Waals surface area contributed by atoms with Crippen LogP contribution in [0.2, 0.25) is 0 Å². The number of amidine groups is 4. The van der Waals surface area contributed by atoms with Crippen LogP contribution in [0, 0.1) is 10.8 Å². The smallest absolute Gasteiger partial charge is 0.164 e. The number of aromatic nitrogens is 12. The van der Waals surface area contributed by atoms with Gasteiger partial charge in [-0.15, -0.1) is 0 Å². The maximum absolute atomic E-state index is 8.95. The van der Waals surface area contributed by atoms with Crippen molar-refractivity contribution in [1.82, 2.24) is 59.8 Å². The lowest BCUT2D eigenvalue weighted by atomic mass is 9.99. The van der Waals surface area contributed by atoms with Crippen LogP contribution >= 0.6 is 0 Å². The van der Waals surface area contributed by atoms with Crippen molar-refractivity contribution >= 4 is 35.8 Å². The minimum absolute atomic E-state index is 0.0612. The molecule has 0 amide bonds. The van der Waals surface area contributed by atoms with E-state index in [0.717, 1.165) is 83.7 Å². The van der Waals surface area contributed by atoms with Crippen LogP contribution in [-0.2, 0) is 0 Å². The zero-order chi connectivity index (χ0) is 81.0. The van der Waals surface area contributed by atoms with Gasteiger partial charge in [0.25, 0.3) is 0 Å². The standard InChI is InChI=1S/C51H33N9.C51H37N9/c1-5-15-35(16-6-1)46-55-47(36-17-7-2-8-18-36)58-50(57-46)39-26-24-34(25-27-39)41-32-44(42-23-13-14-29-52-42)54-45(33-41)43-31-40(28-30-53-43)51-59-48(37-19-9-3-10-20-37)56-49(60-51)38-21-11-4-12-22-38;52-48(38-21-9-3-10-22-38)59-50(56-34-36-17-5-1-6-18-36)41-26-15-25-40(31-41)42-32-45(44-28-13-14-29-54-44)58-46(33-42)47-43(27-16-30-55-47)51(57-35-37-19-7-2-8-20-37)60-49(53)39-23-11-4-12-24-39/h1-33H;1-35,52-53H. The van der Waals surface area contributed by atoms with Crippen molar-refractivity contribution in [1.29, 1.82) is 10.8 Å². The van der Waals surface area contributed by atoms with Crippen molar-refractivity contribution in [3.63, 3.8) is 0 Å². The number of hydrogen-bond donors (Lipinski definition) is 2. The van der Waals surface area contributed by atoms with Crippen LogP contribution in [-0.4, -0.2) is 95.6 Å². The molecule has 0 aliphatic carbocycles. The van der Waals surface area contributed by atoms with Crippen LogP contribution in [0.1, 0.15) is 33.4 Å². The quantitative estimate of drug-likeness (QED) is 0.0601. The fourth-order valence-corrected chi connectivity index (χ4v) is 13.2. The number of hydrogen-bond acceptors (Lipinski definition) is 14. The first-order chi connectivity index (χ1) is 59.3. The van der Waals surface area contributed by atoms with Crippen LogP contribution in [0.15, 0.2) is 421 Å². The topological polar surface area (TPSA) is 252 Å². The number of rotatable bonds is 18. The third-order valence-electron chi connectivity index (χ3n) is 19.2. The van der Waals surface area contributed by atoms with Gasteiger partial charge in [0.2, 0.25) is 0 Å². The number of aliphatic imine (C=N–C) groups is 4. The number of nitrogens with zero attached hydrogens (tertiary/aromatic N) is 16. The van der Waals surface area contributed by atoms with E-state index in [-0.39, 0.29) is 11.7 Å². The van der Waals surface area contributed by atoms with Crippen LogP contribution < -0.4 is 0 Å². The first-order valence-corrected chi connectivity index (χ1v) is 38.7. The summed E-state index contributed by atoms with van der Waals surface area (Å²) in [6.07, 6.45) is 10.5. The van der Waals surface area contributed by atoms with Crippen molar-refractivity contribution in [2.75, 3.05) is 0 Å². The molecule has 10 aromatic carbocycles.